The number of aromatic nitrogens is 1. The highest BCUT2D eigenvalue weighted by molar-refractivity contribution is 14.0. The first-order valence-corrected chi connectivity index (χ1v) is 8.34. The molecule has 0 fully saturated rings. The zero-order valence-electron chi connectivity index (χ0n) is 14.1. The van der Waals surface area contributed by atoms with E-state index in [2.05, 4.69) is 51.8 Å². The summed E-state index contributed by atoms with van der Waals surface area (Å²) < 4.78 is 0. The number of rotatable bonds is 5. The van der Waals surface area contributed by atoms with E-state index in [1.54, 1.807) is 18.4 Å². The van der Waals surface area contributed by atoms with Crippen molar-refractivity contribution in [3.05, 3.63) is 51.5 Å². The van der Waals surface area contributed by atoms with Gasteiger partial charge in [-0.25, -0.2) is 4.98 Å². The number of guanidine groups is 1. The van der Waals surface area contributed by atoms with Gasteiger partial charge in [-0.1, -0.05) is 37.3 Å². The minimum absolute atomic E-state index is 0. The molecule has 6 heteroatoms. The van der Waals surface area contributed by atoms with Crippen LogP contribution in [0.2, 0.25) is 0 Å². The van der Waals surface area contributed by atoms with Crippen LogP contribution in [-0.2, 0) is 6.54 Å². The molecule has 0 bridgehead atoms. The van der Waals surface area contributed by atoms with Gasteiger partial charge in [-0.05, 0) is 25.3 Å². The Hall–Kier alpha value is -1.15. The first kappa shape index (κ1) is 19.9. The number of benzene rings is 1. The molecule has 1 unspecified atom stereocenters. The van der Waals surface area contributed by atoms with Gasteiger partial charge in [0.05, 0.1) is 17.2 Å². The second-order valence-electron chi connectivity index (χ2n) is 5.36. The largest absolute Gasteiger partial charge is 0.356 e. The minimum Gasteiger partial charge on any atom is -0.356 e. The summed E-state index contributed by atoms with van der Waals surface area (Å²) in [6, 6.07) is 10.5. The van der Waals surface area contributed by atoms with Gasteiger partial charge in [0.25, 0.3) is 0 Å². The summed E-state index contributed by atoms with van der Waals surface area (Å²) in [5.41, 5.74) is 2.43. The van der Waals surface area contributed by atoms with Crippen molar-refractivity contribution in [1.29, 1.82) is 0 Å². The molecule has 1 heterocycles. The molecule has 0 amide bonds. The average Bonchev–Trinajstić information content (AvgIpc) is 2.86. The molecule has 0 saturated carbocycles. The summed E-state index contributed by atoms with van der Waals surface area (Å²) in [6.07, 6.45) is 0. The lowest BCUT2D eigenvalue weighted by molar-refractivity contribution is 0.699. The van der Waals surface area contributed by atoms with E-state index >= 15 is 0 Å². The maximum absolute atomic E-state index is 4.45. The smallest absolute Gasteiger partial charge is 0.191 e. The molecule has 2 aromatic rings. The van der Waals surface area contributed by atoms with Gasteiger partial charge in [-0.15, -0.1) is 35.3 Å². The molecule has 0 aliphatic carbocycles. The van der Waals surface area contributed by atoms with E-state index in [0.717, 1.165) is 29.8 Å². The van der Waals surface area contributed by atoms with Crippen LogP contribution >= 0.6 is 35.3 Å². The van der Waals surface area contributed by atoms with Gasteiger partial charge in [0.2, 0.25) is 0 Å². The van der Waals surface area contributed by atoms with E-state index in [0.29, 0.717) is 5.92 Å². The standard InChI is InChI=1S/C17H24N4S.HI/c1-12(15-8-6-5-7-9-15)10-19-17(18-4)20-11-16-13(2)21-14(3)22-16;/h5-9,12H,10-11H2,1-4H3,(H2,18,19,20);1H. The molecule has 23 heavy (non-hydrogen) atoms. The first-order valence-electron chi connectivity index (χ1n) is 7.52. The molecule has 126 valence electrons. The highest BCUT2D eigenvalue weighted by Gasteiger charge is 2.08. The number of halogens is 1. The Morgan fingerprint density at radius 2 is 1.91 bits per heavy atom. The predicted octanol–water partition coefficient (Wildman–Crippen LogP) is 3.85. The van der Waals surface area contributed by atoms with Crippen LogP contribution in [0.1, 0.15) is 34.0 Å². The van der Waals surface area contributed by atoms with E-state index in [1.807, 2.05) is 19.9 Å². The Morgan fingerprint density at radius 1 is 1.22 bits per heavy atom. The normalized spacial score (nSPS) is 12.4. The second-order valence-corrected chi connectivity index (χ2v) is 6.65. The lowest BCUT2D eigenvalue weighted by Crippen LogP contribution is -2.38. The van der Waals surface area contributed by atoms with Crippen LogP contribution in [0.3, 0.4) is 0 Å². The van der Waals surface area contributed by atoms with E-state index in [4.69, 9.17) is 0 Å². The predicted molar refractivity (Wildman–Crippen MR) is 110 cm³/mol. The molecular weight excluding hydrogens is 419 g/mol. The Morgan fingerprint density at radius 3 is 2.48 bits per heavy atom. The highest BCUT2D eigenvalue weighted by atomic mass is 127. The molecule has 2 N–H and O–H groups in total. The molecule has 2 rings (SSSR count). The fraction of sp³-hybridized carbons (Fsp3) is 0.412. The van der Waals surface area contributed by atoms with Crippen LogP contribution in [0.15, 0.2) is 35.3 Å². The second kappa shape index (κ2) is 9.87. The lowest BCUT2D eigenvalue weighted by Gasteiger charge is -2.16. The number of hydrogen-bond acceptors (Lipinski definition) is 3. The van der Waals surface area contributed by atoms with Gasteiger partial charge in [-0.2, -0.15) is 0 Å². The van der Waals surface area contributed by atoms with Crippen LogP contribution < -0.4 is 10.6 Å². The molecule has 1 aromatic heterocycles. The Kier molecular flexibility index (Phi) is 8.54. The highest BCUT2D eigenvalue weighted by Crippen LogP contribution is 2.16. The average molecular weight is 444 g/mol. The molecular formula is C17H25IN4S. The summed E-state index contributed by atoms with van der Waals surface area (Å²) in [4.78, 5) is 9.99. The maximum Gasteiger partial charge on any atom is 0.191 e. The maximum atomic E-state index is 4.45. The van der Waals surface area contributed by atoms with Gasteiger partial charge in [0.15, 0.2) is 5.96 Å². The first-order chi connectivity index (χ1) is 10.6. The lowest BCUT2D eigenvalue weighted by atomic mass is 10.0. The van der Waals surface area contributed by atoms with E-state index < -0.39 is 0 Å². The van der Waals surface area contributed by atoms with Gasteiger partial charge in [0.1, 0.15) is 0 Å². The Balaban J connectivity index is 0.00000264. The topological polar surface area (TPSA) is 49.3 Å². The van der Waals surface area contributed by atoms with Gasteiger partial charge in [0, 0.05) is 18.5 Å². The van der Waals surface area contributed by atoms with Crippen molar-refractivity contribution >= 4 is 41.3 Å². The van der Waals surface area contributed by atoms with E-state index in [-0.39, 0.29) is 24.0 Å². The summed E-state index contributed by atoms with van der Waals surface area (Å²) in [7, 11) is 1.80. The summed E-state index contributed by atoms with van der Waals surface area (Å²) in [5, 5.41) is 7.85. The Bertz CT molecular complexity index is 625. The number of aryl methyl sites for hydroxylation is 2. The number of aliphatic imine (C=N–C) groups is 1. The van der Waals surface area contributed by atoms with E-state index in [1.165, 1.54) is 10.4 Å². The minimum atomic E-state index is 0. The third kappa shape index (κ3) is 6.10. The third-order valence-electron chi connectivity index (χ3n) is 3.58. The summed E-state index contributed by atoms with van der Waals surface area (Å²) in [6.45, 7) is 7.91. The van der Waals surface area contributed by atoms with Crippen molar-refractivity contribution in [3.8, 4) is 0 Å². The molecule has 1 aromatic carbocycles. The van der Waals surface area contributed by atoms with Crippen molar-refractivity contribution in [2.24, 2.45) is 4.99 Å². The van der Waals surface area contributed by atoms with Gasteiger partial charge >= 0.3 is 0 Å². The van der Waals surface area contributed by atoms with E-state index in [9.17, 15) is 0 Å². The summed E-state index contributed by atoms with van der Waals surface area (Å²) >= 11 is 1.73. The van der Waals surface area contributed by atoms with Gasteiger partial charge in [-0.3, -0.25) is 4.99 Å². The zero-order valence-corrected chi connectivity index (χ0v) is 17.2. The summed E-state index contributed by atoms with van der Waals surface area (Å²) in [5.74, 6) is 1.26. The molecule has 0 saturated heterocycles. The Labute approximate surface area is 159 Å². The number of nitrogens with one attached hydrogen (secondary N) is 2. The van der Waals surface area contributed by atoms with Crippen molar-refractivity contribution < 1.29 is 0 Å². The molecule has 4 nitrogen and oxygen atoms in total. The van der Waals surface area contributed by atoms with Crippen LogP contribution in [-0.4, -0.2) is 24.5 Å². The van der Waals surface area contributed by atoms with Crippen molar-refractivity contribution in [2.75, 3.05) is 13.6 Å². The molecule has 0 aliphatic rings. The number of thiazole rings is 1. The van der Waals surface area contributed by atoms with Crippen LogP contribution in [0, 0.1) is 13.8 Å². The molecule has 1 atom stereocenters. The number of nitrogens with zero attached hydrogens (tertiary/aromatic N) is 2. The molecule has 0 aliphatic heterocycles. The van der Waals surface area contributed by atoms with Crippen LogP contribution in [0.25, 0.3) is 0 Å². The SMILES string of the molecule is CN=C(NCc1sc(C)nc1C)NCC(C)c1ccccc1.I. The zero-order chi connectivity index (χ0) is 15.9. The number of hydrogen-bond donors (Lipinski definition) is 2. The quantitative estimate of drug-likeness (QED) is 0.419. The molecule has 0 spiro atoms. The fourth-order valence-electron chi connectivity index (χ4n) is 2.27. The third-order valence-corrected chi connectivity index (χ3v) is 4.66. The monoisotopic (exact) mass is 444 g/mol. The van der Waals surface area contributed by atoms with Gasteiger partial charge < -0.3 is 10.6 Å². The van der Waals surface area contributed by atoms with Crippen molar-refractivity contribution in [3.63, 3.8) is 0 Å². The molecule has 0 radical (unpaired) electrons. The van der Waals surface area contributed by atoms with Crippen LogP contribution in [0.5, 0.6) is 0 Å². The van der Waals surface area contributed by atoms with Crippen molar-refractivity contribution in [2.45, 2.75) is 33.2 Å². The van der Waals surface area contributed by atoms with Crippen LogP contribution in [0.4, 0.5) is 0 Å². The van der Waals surface area contributed by atoms with Crippen molar-refractivity contribution in [1.82, 2.24) is 15.6 Å². The fourth-order valence-corrected chi connectivity index (χ4v) is 3.15.